The summed E-state index contributed by atoms with van der Waals surface area (Å²) in [5.41, 5.74) is -0.458. The zero-order chi connectivity index (χ0) is 22.3. The van der Waals surface area contributed by atoms with Crippen LogP contribution in [0.4, 0.5) is 5.69 Å². The summed E-state index contributed by atoms with van der Waals surface area (Å²) < 4.78 is 23.9. The number of nitrogens with zero attached hydrogens (tertiary/aromatic N) is 3. The summed E-state index contributed by atoms with van der Waals surface area (Å²) in [6.07, 6.45) is 0.285. The molecule has 2 aliphatic heterocycles. The van der Waals surface area contributed by atoms with E-state index in [-0.39, 0.29) is 41.3 Å². The number of fused-ring (bicyclic) bond motifs is 1. The summed E-state index contributed by atoms with van der Waals surface area (Å²) >= 11 is 1.41. The van der Waals surface area contributed by atoms with Crippen molar-refractivity contribution in [3.63, 3.8) is 0 Å². The summed E-state index contributed by atoms with van der Waals surface area (Å²) in [5.74, 6) is -2.24. The molecule has 0 bridgehead atoms. The number of hydrogen-bond acceptors (Lipinski definition) is 8. The number of rotatable bonds is 6. The lowest BCUT2D eigenvalue weighted by atomic mass is 10.1. The van der Waals surface area contributed by atoms with Gasteiger partial charge in [0.25, 0.3) is 17.5 Å². The standard InChI is InChI=1S/C19H17N3O7S2/c23-17(20(9-14-2-1-6-30-14)13-5-7-31(28,29)11-13)10-21-18(24)15-4-3-12(22(26)27)8-16(15)19(21)25/h1-4,6,8,13H,5,7,9-11H2. The number of nitro benzene ring substituents is 1. The van der Waals surface area contributed by atoms with Crippen molar-refractivity contribution in [2.24, 2.45) is 0 Å². The number of benzene rings is 1. The summed E-state index contributed by atoms with van der Waals surface area (Å²) in [7, 11) is -3.26. The van der Waals surface area contributed by atoms with E-state index >= 15 is 0 Å². The highest BCUT2D eigenvalue weighted by Crippen LogP contribution is 2.28. The lowest BCUT2D eigenvalue weighted by Gasteiger charge is -2.29. The van der Waals surface area contributed by atoms with Gasteiger partial charge in [-0.3, -0.25) is 29.4 Å². The molecule has 1 atom stereocenters. The number of thiophene rings is 1. The predicted octanol–water partition coefficient (Wildman–Crippen LogP) is 1.47. The van der Waals surface area contributed by atoms with Crippen LogP contribution in [-0.4, -0.2) is 65.0 Å². The van der Waals surface area contributed by atoms with E-state index in [1.807, 2.05) is 17.5 Å². The second-order valence-corrected chi connectivity index (χ2v) is 10.6. The molecule has 1 aromatic heterocycles. The molecule has 0 radical (unpaired) electrons. The van der Waals surface area contributed by atoms with E-state index in [0.717, 1.165) is 21.9 Å². The van der Waals surface area contributed by atoms with Crippen molar-refractivity contribution in [2.45, 2.75) is 19.0 Å². The van der Waals surface area contributed by atoms with Crippen molar-refractivity contribution in [2.75, 3.05) is 18.1 Å². The van der Waals surface area contributed by atoms with E-state index in [1.54, 1.807) is 0 Å². The molecule has 4 rings (SSSR count). The van der Waals surface area contributed by atoms with Crippen molar-refractivity contribution in [1.82, 2.24) is 9.80 Å². The molecule has 0 saturated carbocycles. The molecule has 0 aliphatic carbocycles. The van der Waals surface area contributed by atoms with Crippen molar-refractivity contribution in [1.29, 1.82) is 0 Å². The van der Waals surface area contributed by atoms with Crippen molar-refractivity contribution < 1.29 is 27.7 Å². The molecular formula is C19H17N3O7S2. The SMILES string of the molecule is O=C1c2ccc([N+](=O)[O-])cc2C(=O)N1CC(=O)N(Cc1cccs1)C1CCS(=O)(=O)C1. The van der Waals surface area contributed by atoms with Gasteiger partial charge >= 0.3 is 0 Å². The molecule has 2 aliphatic rings. The van der Waals surface area contributed by atoms with Gasteiger partial charge in [-0.15, -0.1) is 11.3 Å². The molecule has 3 heterocycles. The third kappa shape index (κ3) is 4.08. The van der Waals surface area contributed by atoms with Crippen LogP contribution in [0.5, 0.6) is 0 Å². The van der Waals surface area contributed by atoms with Gasteiger partial charge in [-0.25, -0.2) is 8.42 Å². The Hall–Kier alpha value is -3.12. The molecule has 3 amide bonds. The second-order valence-electron chi connectivity index (χ2n) is 7.34. The zero-order valence-electron chi connectivity index (χ0n) is 16.1. The fourth-order valence-corrected chi connectivity index (χ4v) is 6.21. The Morgan fingerprint density at radius 2 is 1.97 bits per heavy atom. The normalized spacial score (nSPS) is 19.5. The lowest BCUT2D eigenvalue weighted by molar-refractivity contribution is -0.384. The lowest BCUT2D eigenvalue weighted by Crippen LogP contribution is -2.47. The highest BCUT2D eigenvalue weighted by Gasteiger charge is 2.40. The summed E-state index contributed by atoms with van der Waals surface area (Å²) in [4.78, 5) is 51.8. The number of nitro groups is 1. The third-order valence-corrected chi connectivity index (χ3v) is 7.95. The zero-order valence-corrected chi connectivity index (χ0v) is 17.7. The highest BCUT2D eigenvalue weighted by molar-refractivity contribution is 7.91. The summed E-state index contributed by atoms with van der Waals surface area (Å²) in [6.45, 7) is -0.395. The molecule has 0 spiro atoms. The van der Waals surface area contributed by atoms with Gasteiger partial charge in [-0.1, -0.05) is 6.07 Å². The topological polar surface area (TPSA) is 135 Å². The minimum absolute atomic E-state index is 0.00310. The average Bonchev–Trinajstić information content (AvgIpc) is 3.42. The van der Waals surface area contributed by atoms with E-state index in [9.17, 15) is 32.9 Å². The van der Waals surface area contributed by atoms with E-state index in [1.165, 1.54) is 22.3 Å². The molecule has 1 aromatic carbocycles. The number of carbonyl (C=O) groups excluding carboxylic acids is 3. The van der Waals surface area contributed by atoms with Gasteiger partial charge in [0.2, 0.25) is 5.91 Å². The smallest absolute Gasteiger partial charge is 0.270 e. The average molecular weight is 463 g/mol. The quantitative estimate of drug-likeness (QED) is 0.360. The van der Waals surface area contributed by atoms with Gasteiger partial charge in [0.05, 0.1) is 34.1 Å². The largest absolute Gasteiger partial charge is 0.332 e. The minimum atomic E-state index is -3.26. The number of carbonyl (C=O) groups is 3. The number of imide groups is 1. The molecule has 12 heteroatoms. The van der Waals surface area contributed by atoms with Gasteiger partial charge in [0.15, 0.2) is 9.84 Å². The first-order chi connectivity index (χ1) is 14.7. The van der Waals surface area contributed by atoms with Crippen LogP contribution in [-0.2, 0) is 21.2 Å². The second kappa shape index (κ2) is 7.85. The number of hydrogen-bond donors (Lipinski definition) is 0. The molecular weight excluding hydrogens is 446 g/mol. The van der Waals surface area contributed by atoms with Crippen molar-refractivity contribution in [3.8, 4) is 0 Å². The van der Waals surface area contributed by atoms with Crippen LogP contribution < -0.4 is 0 Å². The molecule has 0 N–H and O–H groups in total. The molecule has 1 unspecified atom stereocenters. The van der Waals surface area contributed by atoms with Crippen LogP contribution in [0.2, 0.25) is 0 Å². The van der Waals surface area contributed by atoms with Gasteiger partial charge in [-0.2, -0.15) is 0 Å². The first-order valence-electron chi connectivity index (χ1n) is 9.33. The molecule has 10 nitrogen and oxygen atoms in total. The number of amides is 3. The predicted molar refractivity (Wildman–Crippen MR) is 110 cm³/mol. The van der Waals surface area contributed by atoms with Crippen LogP contribution in [0, 0.1) is 10.1 Å². The fourth-order valence-electron chi connectivity index (χ4n) is 3.77. The maximum Gasteiger partial charge on any atom is 0.270 e. The molecule has 1 fully saturated rings. The first kappa shape index (κ1) is 21.1. The monoisotopic (exact) mass is 463 g/mol. The molecule has 162 valence electrons. The molecule has 2 aromatic rings. The Bertz CT molecular complexity index is 1190. The van der Waals surface area contributed by atoms with Crippen LogP contribution in [0.15, 0.2) is 35.7 Å². The number of non-ortho nitro benzene ring substituents is 1. The van der Waals surface area contributed by atoms with Gasteiger partial charge < -0.3 is 4.90 Å². The van der Waals surface area contributed by atoms with Gasteiger partial charge in [0, 0.05) is 23.1 Å². The highest BCUT2D eigenvalue weighted by atomic mass is 32.2. The number of sulfone groups is 1. The van der Waals surface area contributed by atoms with Crippen LogP contribution in [0.25, 0.3) is 0 Å². The maximum absolute atomic E-state index is 13.1. The van der Waals surface area contributed by atoms with Crippen molar-refractivity contribution >= 4 is 44.6 Å². The fraction of sp³-hybridized carbons (Fsp3) is 0.316. The molecule has 31 heavy (non-hydrogen) atoms. The van der Waals surface area contributed by atoms with Crippen LogP contribution >= 0.6 is 11.3 Å². The summed E-state index contributed by atoms with van der Waals surface area (Å²) in [5, 5.41) is 12.8. The summed E-state index contributed by atoms with van der Waals surface area (Å²) in [6, 6.07) is 6.43. The van der Waals surface area contributed by atoms with Gasteiger partial charge in [0.1, 0.15) is 6.54 Å². The van der Waals surface area contributed by atoms with Gasteiger partial charge in [-0.05, 0) is 23.9 Å². The minimum Gasteiger partial charge on any atom is -0.332 e. The van der Waals surface area contributed by atoms with E-state index in [0.29, 0.717) is 0 Å². The Balaban J connectivity index is 1.57. The third-order valence-electron chi connectivity index (χ3n) is 5.33. The molecule has 1 saturated heterocycles. The Morgan fingerprint density at radius 1 is 1.23 bits per heavy atom. The maximum atomic E-state index is 13.1. The van der Waals surface area contributed by atoms with Crippen LogP contribution in [0.3, 0.4) is 0 Å². The van der Waals surface area contributed by atoms with E-state index < -0.39 is 45.1 Å². The Morgan fingerprint density at radius 3 is 2.58 bits per heavy atom. The first-order valence-corrected chi connectivity index (χ1v) is 12.0. The van der Waals surface area contributed by atoms with Crippen molar-refractivity contribution in [3.05, 3.63) is 61.8 Å². The van der Waals surface area contributed by atoms with E-state index in [4.69, 9.17) is 0 Å². The van der Waals surface area contributed by atoms with E-state index in [2.05, 4.69) is 0 Å². The van der Waals surface area contributed by atoms with Crippen LogP contribution in [0.1, 0.15) is 32.0 Å². The Labute approximate surface area is 181 Å². The Kier molecular flexibility index (Phi) is 5.35.